The Morgan fingerprint density at radius 2 is 1.70 bits per heavy atom. The largest absolute Gasteiger partial charge is 0.350 e. The normalized spacial score (nSPS) is 14.1. The average Bonchev–Trinajstić information content (AvgIpc) is 3.22. The predicted molar refractivity (Wildman–Crippen MR) is 128 cm³/mol. The van der Waals surface area contributed by atoms with Gasteiger partial charge in [0.25, 0.3) is 10.0 Å². The number of aryl methyl sites for hydroxylation is 2. The second kappa shape index (κ2) is 8.04. The van der Waals surface area contributed by atoms with Gasteiger partial charge in [-0.25, -0.2) is 8.42 Å². The Labute approximate surface area is 192 Å². The zero-order valence-corrected chi connectivity index (χ0v) is 19.3. The Morgan fingerprint density at radius 3 is 2.45 bits per heavy atom. The topological polar surface area (TPSA) is 84.3 Å². The van der Waals surface area contributed by atoms with E-state index in [2.05, 4.69) is 10.4 Å². The van der Waals surface area contributed by atoms with Crippen LogP contribution in [0.2, 0.25) is 0 Å². The lowest BCUT2D eigenvalue weighted by Crippen LogP contribution is -2.38. The molecule has 3 aromatic carbocycles. The van der Waals surface area contributed by atoms with Crippen molar-refractivity contribution in [3.05, 3.63) is 89.2 Å². The van der Waals surface area contributed by atoms with Gasteiger partial charge < -0.3 is 5.32 Å². The van der Waals surface area contributed by atoms with Crippen molar-refractivity contribution in [2.75, 3.05) is 10.8 Å². The van der Waals surface area contributed by atoms with Crippen LogP contribution in [0.4, 0.5) is 5.69 Å². The Bertz CT molecular complexity index is 1490. The summed E-state index contributed by atoms with van der Waals surface area (Å²) in [6, 6.07) is 20.6. The van der Waals surface area contributed by atoms with Crippen LogP contribution in [0.15, 0.2) is 71.6 Å². The molecule has 0 saturated heterocycles. The monoisotopic (exact) mass is 460 g/mol. The summed E-state index contributed by atoms with van der Waals surface area (Å²) in [5.41, 5.74) is 4.64. The molecule has 8 heteroatoms. The van der Waals surface area contributed by atoms with Crippen LogP contribution in [0.3, 0.4) is 0 Å². The molecule has 1 aliphatic rings. The van der Waals surface area contributed by atoms with Gasteiger partial charge in [-0.15, -0.1) is 0 Å². The molecule has 33 heavy (non-hydrogen) atoms. The fourth-order valence-corrected chi connectivity index (χ4v) is 6.03. The van der Waals surface area contributed by atoms with Gasteiger partial charge in [0.15, 0.2) is 0 Å². The van der Waals surface area contributed by atoms with Gasteiger partial charge in [0.1, 0.15) is 6.54 Å². The first-order chi connectivity index (χ1) is 15.8. The van der Waals surface area contributed by atoms with E-state index in [0.29, 0.717) is 24.2 Å². The van der Waals surface area contributed by atoms with Crippen LogP contribution in [0.1, 0.15) is 22.5 Å². The van der Waals surface area contributed by atoms with Gasteiger partial charge in [0.05, 0.1) is 22.8 Å². The third-order valence-corrected chi connectivity index (χ3v) is 7.69. The lowest BCUT2D eigenvalue weighted by molar-refractivity contribution is -0.119. The van der Waals surface area contributed by atoms with Crippen LogP contribution >= 0.6 is 0 Å². The van der Waals surface area contributed by atoms with E-state index in [4.69, 9.17) is 0 Å². The maximum atomic E-state index is 13.1. The maximum absolute atomic E-state index is 13.1. The fourth-order valence-electron chi connectivity index (χ4n) is 4.36. The summed E-state index contributed by atoms with van der Waals surface area (Å²) in [5, 5.41) is 8.87. The van der Waals surface area contributed by atoms with E-state index in [1.807, 2.05) is 67.1 Å². The SMILES string of the molecule is Cc1cc(C)n(Cc2cccc(CNC(=O)CN3c4cccc5cccc(c45)S3(=O)=O)c2)n1. The summed E-state index contributed by atoms with van der Waals surface area (Å²) in [5.74, 6) is -0.354. The third kappa shape index (κ3) is 3.87. The molecule has 2 heterocycles. The van der Waals surface area contributed by atoms with Gasteiger partial charge in [-0.3, -0.25) is 13.8 Å². The number of carbonyl (C=O) groups is 1. The van der Waals surface area contributed by atoms with Crippen LogP contribution in [0.25, 0.3) is 10.8 Å². The Morgan fingerprint density at radius 1 is 0.970 bits per heavy atom. The number of hydrogen-bond acceptors (Lipinski definition) is 4. The van der Waals surface area contributed by atoms with Crippen molar-refractivity contribution in [3.8, 4) is 0 Å². The molecule has 0 fully saturated rings. The molecule has 0 unspecified atom stereocenters. The third-order valence-electron chi connectivity index (χ3n) is 5.89. The minimum Gasteiger partial charge on any atom is -0.350 e. The molecule has 0 aliphatic carbocycles. The number of amides is 1. The molecule has 168 valence electrons. The highest BCUT2D eigenvalue weighted by molar-refractivity contribution is 7.93. The first-order valence-corrected chi connectivity index (χ1v) is 12.2. The van der Waals surface area contributed by atoms with Crippen molar-refractivity contribution in [2.45, 2.75) is 31.8 Å². The Hall–Kier alpha value is -3.65. The quantitative estimate of drug-likeness (QED) is 0.477. The summed E-state index contributed by atoms with van der Waals surface area (Å²) < 4.78 is 29.3. The first-order valence-electron chi connectivity index (χ1n) is 10.7. The van der Waals surface area contributed by atoms with Crippen molar-refractivity contribution < 1.29 is 13.2 Å². The molecule has 0 atom stereocenters. The summed E-state index contributed by atoms with van der Waals surface area (Å²) in [6.07, 6.45) is 0. The minimum absolute atomic E-state index is 0.250. The zero-order chi connectivity index (χ0) is 23.2. The number of anilines is 1. The summed E-state index contributed by atoms with van der Waals surface area (Å²) in [6.45, 7) is 4.69. The van der Waals surface area contributed by atoms with Gasteiger partial charge in [-0.2, -0.15) is 5.10 Å². The smallest absolute Gasteiger partial charge is 0.265 e. The lowest BCUT2D eigenvalue weighted by atomic mass is 10.1. The van der Waals surface area contributed by atoms with Gasteiger partial charge in [-0.1, -0.05) is 48.5 Å². The molecule has 0 spiro atoms. The number of aromatic nitrogens is 2. The predicted octanol–water partition coefficient (Wildman–Crippen LogP) is 3.53. The number of nitrogens with one attached hydrogen (secondary N) is 1. The molecule has 7 nitrogen and oxygen atoms in total. The van der Waals surface area contributed by atoms with Crippen LogP contribution in [-0.4, -0.2) is 30.7 Å². The van der Waals surface area contributed by atoms with Crippen LogP contribution in [0.5, 0.6) is 0 Å². The standard InChI is InChI=1S/C25H24N4O3S/c1-17-12-18(2)28(27-17)15-20-7-3-6-19(13-20)14-26-24(30)16-29-22-10-4-8-21-9-5-11-23(25(21)22)33(29,31)32/h3-13H,14-16H2,1-2H3,(H,26,30). The second-order valence-electron chi connectivity index (χ2n) is 8.32. The van der Waals surface area contributed by atoms with Gasteiger partial charge in [0.2, 0.25) is 5.91 Å². The molecule has 5 rings (SSSR count). The average molecular weight is 461 g/mol. The molecular weight excluding hydrogens is 436 g/mol. The molecule has 1 aliphatic heterocycles. The van der Waals surface area contributed by atoms with Crippen LogP contribution in [-0.2, 0) is 27.9 Å². The van der Waals surface area contributed by atoms with E-state index in [1.165, 1.54) is 4.31 Å². The lowest BCUT2D eigenvalue weighted by Gasteiger charge is -2.18. The van der Waals surface area contributed by atoms with E-state index >= 15 is 0 Å². The minimum atomic E-state index is -3.76. The van der Waals surface area contributed by atoms with Crippen molar-refractivity contribution in [1.29, 1.82) is 0 Å². The van der Waals surface area contributed by atoms with E-state index in [0.717, 1.165) is 27.9 Å². The van der Waals surface area contributed by atoms with Gasteiger partial charge in [0, 0.05) is 17.6 Å². The number of sulfonamides is 1. The number of nitrogens with zero attached hydrogens (tertiary/aromatic N) is 3. The van der Waals surface area contributed by atoms with Crippen molar-refractivity contribution in [2.24, 2.45) is 0 Å². The fraction of sp³-hybridized carbons (Fsp3) is 0.200. The second-order valence-corrected chi connectivity index (χ2v) is 10.2. The highest BCUT2D eigenvalue weighted by atomic mass is 32.2. The Balaban J connectivity index is 1.28. The molecule has 0 saturated carbocycles. The highest BCUT2D eigenvalue weighted by Gasteiger charge is 2.36. The molecular formula is C25H24N4O3S. The van der Waals surface area contributed by atoms with Crippen LogP contribution < -0.4 is 9.62 Å². The van der Waals surface area contributed by atoms with E-state index in [-0.39, 0.29) is 17.3 Å². The Kier molecular flexibility index (Phi) is 5.17. The summed E-state index contributed by atoms with van der Waals surface area (Å²) in [4.78, 5) is 13.0. The summed E-state index contributed by atoms with van der Waals surface area (Å²) in [7, 11) is -3.76. The van der Waals surface area contributed by atoms with E-state index < -0.39 is 10.0 Å². The van der Waals surface area contributed by atoms with Gasteiger partial charge in [-0.05, 0) is 48.6 Å². The maximum Gasteiger partial charge on any atom is 0.265 e. The number of benzene rings is 3. The number of carbonyl (C=O) groups excluding carboxylic acids is 1. The summed E-state index contributed by atoms with van der Waals surface area (Å²) >= 11 is 0. The first kappa shape index (κ1) is 21.2. The number of rotatable bonds is 6. The molecule has 4 aromatic rings. The molecule has 1 aromatic heterocycles. The number of hydrogen-bond donors (Lipinski definition) is 1. The van der Waals surface area contributed by atoms with Crippen molar-refractivity contribution in [1.82, 2.24) is 15.1 Å². The van der Waals surface area contributed by atoms with Crippen molar-refractivity contribution in [3.63, 3.8) is 0 Å². The zero-order valence-electron chi connectivity index (χ0n) is 18.4. The van der Waals surface area contributed by atoms with Crippen molar-refractivity contribution >= 4 is 32.4 Å². The van der Waals surface area contributed by atoms with E-state index in [9.17, 15) is 13.2 Å². The molecule has 0 radical (unpaired) electrons. The van der Waals surface area contributed by atoms with Gasteiger partial charge >= 0.3 is 0 Å². The van der Waals surface area contributed by atoms with Crippen LogP contribution in [0, 0.1) is 13.8 Å². The molecule has 0 bridgehead atoms. The highest BCUT2D eigenvalue weighted by Crippen LogP contribution is 2.41. The molecule has 1 N–H and O–H groups in total. The van der Waals surface area contributed by atoms with E-state index in [1.54, 1.807) is 18.2 Å². The molecule has 1 amide bonds.